The first-order chi connectivity index (χ1) is 8.31. The lowest BCUT2D eigenvalue weighted by molar-refractivity contribution is 0.0232. The number of anilines is 1. The highest BCUT2D eigenvalue weighted by Gasteiger charge is 2.19. The largest absolute Gasteiger partial charge is 0.378 e. The van der Waals surface area contributed by atoms with Gasteiger partial charge in [0.15, 0.2) is 5.13 Å². The van der Waals surface area contributed by atoms with Crippen LogP contribution >= 0.6 is 11.3 Å². The lowest BCUT2D eigenvalue weighted by atomic mass is 10.1. The summed E-state index contributed by atoms with van der Waals surface area (Å²) in [5, 5.41) is 4.56. The molecule has 0 spiro atoms. The zero-order valence-corrected chi connectivity index (χ0v) is 10.7. The molecule has 0 bridgehead atoms. The maximum atomic E-state index is 5.55. The van der Waals surface area contributed by atoms with Gasteiger partial charge in [0, 0.05) is 12.6 Å². The van der Waals surface area contributed by atoms with E-state index in [1.165, 1.54) is 4.70 Å². The molecule has 1 N–H and O–H groups in total. The van der Waals surface area contributed by atoms with Gasteiger partial charge in [-0.05, 0) is 31.9 Å². The van der Waals surface area contributed by atoms with Crippen molar-refractivity contribution in [3.8, 4) is 0 Å². The van der Waals surface area contributed by atoms with Crippen molar-refractivity contribution < 1.29 is 4.74 Å². The summed E-state index contributed by atoms with van der Waals surface area (Å²) in [6, 6.07) is 8.76. The van der Waals surface area contributed by atoms with Crippen molar-refractivity contribution in [2.24, 2.45) is 0 Å². The molecule has 1 aliphatic heterocycles. The molecule has 2 heterocycles. The van der Waals surface area contributed by atoms with Gasteiger partial charge in [-0.2, -0.15) is 0 Å². The van der Waals surface area contributed by atoms with Crippen LogP contribution < -0.4 is 5.32 Å². The summed E-state index contributed by atoms with van der Waals surface area (Å²) in [6.45, 7) is 2.98. The smallest absolute Gasteiger partial charge is 0.184 e. The van der Waals surface area contributed by atoms with E-state index in [1.807, 2.05) is 6.07 Å². The van der Waals surface area contributed by atoms with Crippen molar-refractivity contribution in [3.05, 3.63) is 24.3 Å². The fourth-order valence-electron chi connectivity index (χ4n) is 2.24. The number of thiazole rings is 1. The van der Waals surface area contributed by atoms with Crippen LogP contribution in [-0.4, -0.2) is 23.7 Å². The van der Waals surface area contributed by atoms with Gasteiger partial charge in [-0.25, -0.2) is 4.98 Å². The molecule has 2 aromatic rings. The van der Waals surface area contributed by atoms with Crippen molar-refractivity contribution in [1.82, 2.24) is 4.98 Å². The van der Waals surface area contributed by atoms with Gasteiger partial charge >= 0.3 is 0 Å². The summed E-state index contributed by atoms with van der Waals surface area (Å²) in [5.41, 5.74) is 1.08. The van der Waals surface area contributed by atoms with Crippen molar-refractivity contribution in [2.75, 3.05) is 11.9 Å². The Morgan fingerprint density at radius 3 is 3.12 bits per heavy atom. The first-order valence-corrected chi connectivity index (χ1v) is 6.86. The summed E-state index contributed by atoms with van der Waals surface area (Å²) in [4.78, 5) is 4.60. The average Bonchev–Trinajstić information content (AvgIpc) is 2.71. The number of hydrogen-bond donors (Lipinski definition) is 1. The molecule has 3 rings (SSSR count). The monoisotopic (exact) mass is 248 g/mol. The molecule has 3 nitrogen and oxygen atoms in total. The van der Waals surface area contributed by atoms with Crippen LogP contribution in [0.3, 0.4) is 0 Å². The van der Waals surface area contributed by atoms with Crippen LogP contribution in [0.4, 0.5) is 5.13 Å². The SMILES string of the molecule is CC1CC(Nc2nc3ccccc3s2)CCO1. The third-order valence-electron chi connectivity index (χ3n) is 3.11. The van der Waals surface area contributed by atoms with E-state index < -0.39 is 0 Å². The van der Waals surface area contributed by atoms with E-state index >= 15 is 0 Å². The van der Waals surface area contributed by atoms with Gasteiger partial charge in [-0.15, -0.1) is 0 Å². The fraction of sp³-hybridized carbons (Fsp3) is 0.462. The van der Waals surface area contributed by atoms with Gasteiger partial charge in [-0.3, -0.25) is 0 Å². The van der Waals surface area contributed by atoms with E-state index in [9.17, 15) is 0 Å². The predicted molar refractivity (Wildman–Crippen MR) is 71.7 cm³/mol. The lowest BCUT2D eigenvalue weighted by Crippen LogP contribution is -2.32. The Morgan fingerprint density at radius 2 is 2.29 bits per heavy atom. The lowest BCUT2D eigenvalue weighted by Gasteiger charge is -2.27. The van der Waals surface area contributed by atoms with Crippen LogP contribution in [0.5, 0.6) is 0 Å². The van der Waals surface area contributed by atoms with Gasteiger partial charge < -0.3 is 10.1 Å². The minimum Gasteiger partial charge on any atom is -0.378 e. The maximum Gasteiger partial charge on any atom is 0.184 e. The molecule has 1 aromatic heterocycles. The number of hydrogen-bond acceptors (Lipinski definition) is 4. The molecule has 2 atom stereocenters. The third kappa shape index (κ3) is 2.42. The van der Waals surface area contributed by atoms with Crippen LogP contribution in [0.1, 0.15) is 19.8 Å². The molecular weight excluding hydrogens is 232 g/mol. The van der Waals surface area contributed by atoms with Crippen LogP contribution in [0.2, 0.25) is 0 Å². The molecule has 1 aromatic carbocycles. The van der Waals surface area contributed by atoms with Crippen LogP contribution in [-0.2, 0) is 4.74 Å². The molecule has 1 fully saturated rings. The highest BCUT2D eigenvalue weighted by atomic mass is 32.1. The van der Waals surface area contributed by atoms with Gasteiger partial charge in [0.2, 0.25) is 0 Å². The van der Waals surface area contributed by atoms with Gasteiger partial charge in [0.1, 0.15) is 0 Å². The van der Waals surface area contributed by atoms with Gasteiger partial charge in [-0.1, -0.05) is 23.5 Å². The van der Waals surface area contributed by atoms with Crippen molar-refractivity contribution in [1.29, 1.82) is 0 Å². The number of rotatable bonds is 2. The Bertz CT molecular complexity index is 478. The van der Waals surface area contributed by atoms with E-state index in [0.717, 1.165) is 30.1 Å². The Kier molecular flexibility index (Phi) is 2.99. The molecule has 0 saturated carbocycles. The summed E-state index contributed by atoms with van der Waals surface area (Å²) in [5.74, 6) is 0. The predicted octanol–water partition coefficient (Wildman–Crippen LogP) is 3.28. The summed E-state index contributed by atoms with van der Waals surface area (Å²) in [7, 11) is 0. The van der Waals surface area contributed by atoms with Crippen LogP contribution in [0.15, 0.2) is 24.3 Å². The second-order valence-electron chi connectivity index (χ2n) is 4.53. The first-order valence-electron chi connectivity index (χ1n) is 6.05. The highest BCUT2D eigenvalue weighted by molar-refractivity contribution is 7.22. The highest BCUT2D eigenvalue weighted by Crippen LogP contribution is 2.27. The van der Waals surface area contributed by atoms with Crippen molar-refractivity contribution in [3.63, 3.8) is 0 Å². The number of para-hydroxylation sites is 1. The number of fused-ring (bicyclic) bond motifs is 1. The van der Waals surface area contributed by atoms with Crippen LogP contribution in [0.25, 0.3) is 10.2 Å². The fourth-order valence-corrected chi connectivity index (χ4v) is 3.18. The molecule has 17 heavy (non-hydrogen) atoms. The average molecular weight is 248 g/mol. The number of nitrogens with zero attached hydrogens (tertiary/aromatic N) is 1. The zero-order valence-electron chi connectivity index (χ0n) is 9.85. The Balaban J connectivity index is 1.75. The second-order valence-corrected chi connectivity index (χ2v) is 5.56. The maximum absolute atomic E-state index is 5.55. The zero-order chi connectivity index (χ0) is 11.7. The van der Waals surface area contributed by atoms with Crippen LogP contribution in [0, 0.1) is 0 Å². The second kappa shape index (κ2) is 4.63. The summed E-state index contributed by atoms with van der Waals surface area (Å²) in [6.07, 6.45) is 2.49. The topological polar surface area (TPSA) is 34.2 Å². The number of benzene rings is 1. The van der Waals surface area contributed by atoms with Crippen molar-refractivity contribution in [2.45, 2.75) is 31.9 Å². The first kappa shape index (κ1) is 11.0. The summed E-state index contributed by atoms with van der Waals surface area (Å²) >= 11 is 1.73. The number of ether oxygens (including phenoxy) is 1. The minimum absolute atomic E-state index is 0.357. The Morgan fingerprint density at radius 1 is 1.41 bits per heavy atom. The van der Waals surface area contributed by atoms with E-state index in [2.05, 4.69) is 35.4 Å². The van der Waals surface area contributed by atoms with Gasteiger partial charge in [0.25, 0.3) is 0 Å². The Hall–Kier alpha value is -1.13. The molecule has 1 saturated heterocycles. The normalized spacial score (nSPS) is 25.0. The number of nitrogens with one attached hydrogen (secondary N) is 1. The molecular formula is C13H16N2OS. The Labute approximate surface area is 105 Å². The van der Waals surface area contributed by atoms with Crippen molar-refractivity contribution >= 4 is 26.7 Å². The van der Waals surface area contributed by atoms with E-state index in [4.69, 9.17) is 4.74 Å². The quantitative estimate of drug-likeness (QED) is 0.885. The molecule has 90 valence electrons. The van der Waals surface area contributed by atoms with E-state index in [1.54, 1.807) is 11.3 Å². The molecule has 0 radical (unpaired) electrons. The number of aromatic nitrogens is 1. The van der Waals surface area contributed by atoms with Gasteiger partial charge in [0.05, 0.1) is 16.3 Å². The van der Waals surface area contributed by atoms with E-state index in [0.29, 0.717) is 12.1 Å². The molecule has 2 unspecified atom stereocenters. The molecule has 4 heteroatoms. The molecule has 0 amide bonds. The molecule has 1 aliphatic rings. The standard InChI is InChI=1S/C13H16N2OS/c1-9-8-10(6-7-16-9)14-13-15-11-4-2-3-5-12(11)17-13/h2-5,9-10H,6-8H2,1H3,(H,14,15). The van der Waals surface area contributed by atoms with E-state index in [-0.39, 0.29) is 0 Å². The summed E-state index contributed by atoms with van der Waals surface area (Å²) < 4.78 is 6.79. The third-order valence-corrected chi connectivity index (χ3v) is 4.07. The molecule has 0 aliphatic carbocycles. The minimum atomic E-state index is 0.357.